The number of nitrogens with one attached hydrogen (secondary N) is 1. The Labute approximate surface area is 114 Å². The summed E-state index contributed by atoms with van der Waals surface area (Å²) in [5.41, 5.74) is 1.39. The molecule has 5 heteroatoms. The van der Waals surface area contributed by atoms with Crippen molar-refractivity contribution in [2.75, 3.05) is 18.6 Å². The van der Waals surface area contributed by atoms with E-state index >= 15 is 0 Å². The number of hydrogen-bond donors (Lipinski definition) is 1. The van der Waals surface area contributed by atoms with Gasteiger partial charge in [-0.05, 0) is 61.0 Å². The van der Waals surface area contributed by atoms with Crippen molar-refractivity contribution < 1.29 is 8.42 Å². The lowest BCUT2D eigenvalue weighted by molar-refractivity contribution is 0.407. The molecule has 1 fully saturated rings. The van der Waals surface area contributed by atoms with Crippen LogP contribution >= 0.6 is 11.3 Å². The van der Waals surface area contributed by atoms with Crippen LogP contribution < -0.4 is 5.32 Å². The normalized spacial score (nSPS) is 24.2. The Kier molecular flexibility index (Phi) is 4.81. The third-order valence-corrected chi connectivity index (χ3v) is 6.28. The Morgan fingerprint density at radius 2 is 2.39 bits per heavy atom. The second kappa shape index (κ2) is 6.17. The van der Waals surface area contributed by atoms with E-state index in [9.17, 15) is 8.42 Å². The van der Waals surface area contributed by atoms with Gasteiger partial charge < -0.3 is 5.32 Å². The average Bonchev–Trinajstić information content (AvgIpc) is 2.94. The fraction of sp³-hybridized carbons (Fsp3) is 0.692. The third kappa shape index (κ3) is 4.07. The second-order valence-corrected chi connectivity index (χ2v) is 8.17. The van der Waals surface area contributed by atoms with E-state index < -0.39 is 9.84 Å². The van der Waals surface area contributed by atoms with Crippen molar-refractivity contribution in [2.45, 2.75) is 31.7 Å². The smallest absolute Gasteiger partial charge is 0.150 e. The molecule has 2 rings (SSSR count). The van der Waals surface area contributed by atoms with E-state index in [0.717, 1.165) is 25.7 Å². The van der Waals surface area contributed by atoms with Gasteiger partial charge in [0.25, 0.3) is 0 Å². The first kappa shape index (κ1) is 14.0. The molecule has 2 unspecified atom stereocenters. The molecule has 1 saturated heterocycles. The molecule has 3 nitrogen and oxygen atoms in total. The zero-order valence-electron chi connectivity index (χ0n) is 10.8. The molecule has 0 aromatic carbocycles. The number of thiophene rings is 1. The van der Waals surface area contributed by atoms with Crippen molar-refractivity contribution in [3.63, 3.8) is 0 Å². The van der Waals surface area contributed by atoms with Gasteiger partial charge >= 0.3 is 0 Å². The maximum Gasteiger partial charge on any atom is 0.150 e. The SMILES string of the molecule is CNC(CCc1ccsc1)CC1CCS(=O)(=O)C1. The van der Waals surface area contributed by atoms with Gasteiger partial charge in [0, 0.05) is 6.04 Å². The zero-order valence-corrected chi connectivity index (χ0v) is 12.4. The van der Waals surface area contributed by atoms with Crippen molar-refractivity contribution in [1.82, 2.24) is 5.32 Å². The minimum absolute atomic E-state index is 0.356. The van der Waals surface area contributed by atoms with E-state index in [0.29, 0.717) is 23.5 Å². The van der Waals surface area contributed by atoms with Crippen molar-refractivity contribution in [3.8, 4) is 0 Å². The van der Waals surface area contributed by atoms with Crippen LogP contribution in [0.2, 0.25) is 0 Å². The molecule has 1 aromatic rings. The highest BCUT2D eigenvalue weighted by molar-refractivity contribution is 7.91. The van der Waals surface area contributed by atoms with Crippen LogP contribution in [0.3, 0.4) is 0 Å². The highest BCUT2D eigenvalue weighted by Gasteiger charge is 2.29. The average molecular weight is 287 g/mol. The van der Waals surface area contributed by atoms with Gasteiger partial charge in [0.2, 0.25) is 0 Å². The maximum atomic E-state index is 11.4. The summed E-state index contributed by atoms with van der Waals surface area (Å²) >= 11 is 1.73. The Balaban J connectivity index is 1.79. The van der Waals surface area contributed by atoms with E-state index in [4.69, 9.17) is 0 Å². The van der Waals surface area contributed by atoms with E-state index in [2.05, 4.69) is 22.1 Å². The zero-order chi connectivity index (χ0) is 13.0. The first-order valence-corrected chi connectivity index (χ1v) is 9.24. The number of rotatable bonds is 6. The molecule has 0 amide bonds. The van der Waals surface area contributed by atoms with Gasteiger partial charge in [-0.25, -0.2) is 8.42 Å². The maximum absolute atomic E-state index is 11.4. The van der Waals surface area contributed by atoms with Gasteiger partial charge in [-0.3, -0.25) is 0 Å². The largest absolute Gasteiger partial charge is 0.317 e. The molecule has 1 aliphatic rings. The van der Waals surface area contributed by atoms with Gasteiger partial charge in [-0.15, -0.1) is 0 Å². The summed E-state index contributed by atoms with van der Waals surface area (Å²) in [6, 6.07) is 2.60. The van der Waals surface area contributed by atoms with E-state index in [1.807, 2.05) is 7.05 Å². The number of aryl methyl sites for hydroxylation is 1. The van der Waals surface area contributed by atoms with Crippen LogP contribution in [0.1, 0.15) is 24.8 Å². The van der Waals surface area contributed by atoms with Gasteiger partial charge in [0.1, 0.15) is 0 Å². The summed E-state index contributed by atoms with van der Waals surface area (Å²) in [6.45, 7) is 0. The van der Waals surface area contributed by atoms with Crippen LogP contribution in [0, 0.1) is 5.92 Å². The minimum atomic E-state index is -2.73. The molecule has 1 aliphatic heterocycles. The van der Waals surface area contributed by atoms with Crippen molar-refractivity contribution >= 4 is 21.2 Å². The van der Waals surface area contributed by atoms with Crippen molar-refractivity contribution in [3.05, 3.63) is 22.4 Å². The first-order chi connectivity index (χ1) is 8.59. The van der Waals surface area contributed by atoms with Gasteiger partial charge in [0.15, 0.2) is 9.84 Å². The van der Waals surface area contributed by atoms with Crippen molar-refractivity contribution in [2.24, 2.45) is 5.92 Å². The Morgan fingerprint density at radius 3 is 2.94 bits per heavy atom. The molecule has 0 radical (unpaired) electrons. The second-order valence-electron chi connectivity index (χ2n) is 5.16. The van der Waals surface area contributed by atoms with E-state index in [1.165, 1.54) is 5.56 Å². The fourth-order valence-electron chi connectivity index (χ4n) is 2.62. The van der Waals surface area contributed by atoms with Crippen LogP contribution in [-0.4, -0.2) is 33.0 Å². The monoisotopic (exact) mass is 287 g/mol. The third-order valence-electron chi connectivity index (χ3n) is 3.71. The summed E-state index contributed by atoms with van der Waals surface area (Å²) < 4.78 is 22.9. The minimum Gasteiger partial charge on any atom is -0.317 e. The van der Waals surface area contributed by atoms with Crippen LogP contribution in [0.25, 0.3) is 0 Å². The molecular weight excluding hydrogens is 266 g/mol. The predicted molar refractivity (Wildman–Crippen MR) is 76.9 cm³/mol. The van der Waals surface area contributed by atoms with Crippen LogP contribution in [0.5, 0.6) is 0 Å². The van der Waals surface area contributed by atoms with Gasteiger partial charge in [0.05, 0.1) is 11.5 Å². The lowest BCUT2D eigenvalue weighted by atomic mass is 9.95. The molecule has 18 heavy (non-hydrogen) atoms. The van der Waals surface area contributed by atoms with E-state index in [-0.39, 0.29) is 0 Å². The highest BCUT2D eigenvalue weighted by Crippen LogP contribution is 2.24. The first-order valence-electron chi connectivity index (χ1n) is 6.48. The molecule has 2 heterocycles. The molecule has 0 aliphatic carbocycles. The molecule has 1 N–H and O–H groups in total. The molecule has 102 valence electrons. The topological polar surface area (TPSA) is 46.2 Å². The summed E-state index contributed by atoms with van der Waals surface area (Å²) in [7, 11) is -0.760. The van der Waals surface area contributed by atoms with Gasteiger partial charge in [-0.1, -0.05) is 0 Å². The molecule has 0 bridgehead atoms. The van der Waals surface area contributed by atoms with Crippen LogP contribution in [-0.2, 0) is 16.3 Å². The quantitative estimate of drug-likeness (QED) is 0.871. The fourth-order valence-corrected chi connectivity index (χ4v) is 5.20. The summed E-state index contributed by atoms with van der Waals surface area (Å²) in [5.74, 6) is 1.14. The Morgan fingerprint density at radius 1 is 1.56 bits per heavy atom. The number of sulfone groups is 1. The molecule has 0 spiro atoms. The Hall–Kier alpha value is -0.390. The molecule has 2 atom stereocenters. The standard InChI is InChI=1S/C13H21NO2S2/c1-14-13(3-2-11-4-6-17-9-11)8-12-5-7-18(15,16)10-12/h4,6,9,12-14H,2-3,5,7-8,10H2,1H3. The molecule has 1 aromatic heterocycles. The predicted octanol–water partition coefficient (Wildman–Crippen LogP) is 2.09. The van der Waals surface area contributed by atoms with Crippen LogP contribution in [0.4, 0.5) is 0 Å². The van der Waals surface area contributed by atoms with Gasteiger partial charge in [-0.2, -0.15) is 11.3 Å². The van der Waals surface area contributed by atoms with E-state index in [1.54, 1.807) is 11.3 Å². The molecular formula is C13H21NO2S2. The lowest BCUT2D eigenvalue weighted by Gasteiger charge is -2.19. The summed E-state index contributed by atoms with van der Waals surface area (Å²) in [4.78, 5) is 0. The molecule has 0 saturated carbocycles. The Bertz CT molecular complexity index is 453. The highest BCUT2D eigenvalue weighted by atomic mass is 32.2. The van der Waals surface area contributed by atoms with Crippen LogP contribution in [0.15, 0.2) is 16.8 Å². The number of hydrogen-bond acceptors (Lipinski definition) is 4. The van der Waals surface area contributed by atoms with Crippen molar-refractivity contribution in [1.29, 1.82) is 0 Å². The lowest BCUT2D eigenvalue weighted by Crippen LogP contribution is -2.28. The summed E-state index contributed by atoms with van der Waals surface area (Å²) in [5, 5.41) is 7.62. The summed E-state index contributed by atoms with van der Waals surface area (Å²) in [6.07, 6.45) is 4.00.